The number of nitrogens with zero attached hydrogens (tertiary/aromatic N) is 1. The average Bonchev–Trinajstić information content (AvgIpc) is 2.71. The van der Waals surface area contributed by atoms with E-state index in [1.54, 1.807) is 12.1 Å². The van der Waals surface area contributed by atoms with Gasteiger partial charge in [0, 0.05) is 0 Å². The number of nitriles is 1. The second kappa shape index (κ2) is 10.3. The molecule has 0 fully saturated rings. The van der Waals surface area contributed by atoms with Crippen molar-refractivity contribution in [3.8, 4) is 6.07 Å². The van der Waals surface area contributed by atoms with Crippen LogP contribution in [0.25, 0.3) is 11.1 Å². The quantitative estimate of drug-likeness (QED) is 0.437. The number of carbonyl (C=O) groups is 1. The molecule has 0 saturated heterocycles. The summed E-state index contributed by atoms with van der Waals surface area (Å²) in [5.41, 5.74) is 2.29. The molecule has 0 spiro atoms. The largest absolute Gasteiger partial charge is 0.478 e. The van der Waals surface area contributed by atoms with E-state index < -0.39 is 11.9 Å². The van der Waals surface area contributed by atoms with E-state index in [9.17, 15) is 15.2 Å². The van der Waals surface area contributed by atoms with Crippen molar-refractivity contribution < 1.29 is 9.90 Å². The van der Waals surface area contributed by atoms with E-state index in [0.717, 1.165) is 31.2 Å². The lowest BCUT2D eigenvalue weighted by molar-refractivity contribution is -0.130. The number of aliphatic carboxylic acids is 1. The maximum atomic E-state index is 12.3. The van der Waals surface area contributed by atoms with Crippen LogP contribution in [-0.2, 0) is 4.79 Å². The maximum absolute atomic E-state index is 12.3. The molecule has 0 saturated carbocycles. The van der Waals surface area contributed by atoms with Gasteiger partial charge in [-0.3, -0.25) is 0 Å². The molecule has 0 aliphatic rings. The summed E-state index contributed by atoms with van der Waals surface area (Å²) in [5, 5.41) is 20.1. The number of hydrogen-bond donors (Lipinski definition) is 1. The SMILES string of the molecule is CCCCC(CC)C(C#N)C(=C(C(=O)O)c1ccccc1)c1ccccc1. The van der Waals surface area contributed by atoms with E-state index in [-0.39, 0.29) is 11.5 Å². The number of carboxylic acid groups (broad SMARTS) is 1. The van der Waals surface area contributed by atoms with Crippen molar-refractivity contribution in [2.24, 2.45) is 11.8 Å². The molecule has 0 radical (unpaired) electrons. The Hall–Kier alpha value is -2.86. The van der Waals surface area contributed by atoms with E-state index in [1.165, 1.54) is 0 Å². The molecule has 0 aromatic heterocycles. The summed E-state index contributed by atoms with van der Waals surface area (Å²) >= 11 is 0. The Bertz CT molecular complexity index is 803. The van der Waals surface area contributed by atoms with Gasteiger partial charge in [0.25, 0.3) is 0 Å². The van der Waals surface area contributed by atoms with Gasteiger partial charge in [0.2, 0.25) is 0 Å². The normalized spacial score (nSPS) is 14.0. The number of unbranched alkanes of at least 4 members (excludes halogenated alkanes) is 1. The standard InChI is InChI=1S/C24H27NO2/c1-3-5-12-18(4-2)21(17-25)22(19-13-8-6-9-14-19)23(24(26)27)20-15-10-7-11-16-20/h6-11,13-16,18,21H,3-5,12H2,1-2H3,(H,26,27). The minimum absolute atomic E-state index is 0.128. The lowest BCUT2D eigenvalue weighted by Gasteiger charge is -2.25. The van der Waals surface area contributed by atoms with Crippen LogP contribution in [0.1, 0.15) is 50.7 Å². The van der Waals surface area contributed by atoms with Gasteiger partial charge in [0.1, 0.15) is 0 Å². The molecule has 140 valence electrons. The van der Waals surface area contributed by atoms with Gasteiger partial charge in [-0.25, -0.2) is 4.79 Å². The Labute approximate surface area is 162 Å². The van der Waals surface area contributed by atoms with Gasteiger partial charge in [-0.2, -0.15) is 5.26 Å². The highest BCUT2D eigenvalue weighted by atomic mass is 16.4. The first-order chi connectivity index (χ1) is 13.1. The minimum Gasteiger partial charge on any atom is -0.478 e. The van der Waals surface area contributed by atoms with Crippen molar-refractivity contribution in [2.45, 2.75) is 39.5 Å². The molecule has 1 N–H and O–H groups in total. The summed E-state index contributed by atoms with van der Waals surface area (Å²) in [6.45, 7) is 4.21. The van der Waals surface area contributed by atoms with Crippen molar-refractivity contribution in [1.82, 2.24) is 0 Å². The third-order valence-corrected chi connectivity index (χ3v) is 5.00. The van der Waals surface area contributed by atoms with E-state index in [4.69, 9.17) is 0 Å². The molecule has 2 unspecified atom stereocenters. The van der Waals surface area contributed by atoms with Crippen molar-refractivity contribution in [1.29, 1.82) is 5.26 Å². The molecule has 2 rings (SSSR count). The summed E-state index contributed by atoms with van der Waals surface area (Å²) in [6.07, 6.45) is 3.86. The molecule has 0 bridgehead atoms. The Morgan fingerprint density at radius 2 is 1.56 bits per heavy atom. The number of allylic oxidation sites excluding steroid dienone is 1. The van der Waals surface area contributed by atoms with Crippen LogP contribution in [0.15, 0.2) is 60.7 Å². The summed E-state index contributed by atoms with van der Waals surface area (Å²) in [7, 11) is 0. The van der Waals surface area contributed by atoms with Gasteiger partial charge in [-0.15, -0.1) is 0 Å². The topological polar surface area (TPSA) is 61.1 Å². The van der Waals surface area contributed by atoms with Gasteiger partial charge in [-0.1, -0.05) is 93.8 Å². The first-order valence-corrected chi connectivity index (χ1v) is 9.61. The molecular formula is C24H27NO2. The molecule has 2 aromatic rings. The Morgan fingerprint density at radius 1 is 1.00 bits per heavy atom. The van der Waals surface area contributed by atoms with Gasteiger partial charge >= 0.3 is 5.97 Å². The zero-order valence-corrected chi connectivity index (χ0v) is 16.1. The van der Waals surface area contributed by atoms with Gasteiger partial charge in [-0.05, 0) is 29.0 Å². The van der Waals surface area contributed by atoms with Crippen LogP contribution in [-0.4, -0.2) is 11.1 Å². The molecule has 2 aromatic carbocycles. The molecule has 3 nitrogen and oxygen atoms in total. The fourth-order valence-electron chi connectivity index (χ4n) is 3.57. The molecule has 0 amide bonds. The molecule has 27 heavy (non-hydrogen) atoms. The Kier molecular flexibility index (Phi) is 7.82. The molecule has 3 heteroatoms. The number of carboxylic acids is 1. The number of benzene rings is 2. The van der Waals surface area contributed by atoms with Gasteiger partial charge < -0.3 is 5.11 Å². The first-order valence-electron chi connectivity index (χ1n) is 9.61. The van der Waals surface area contributed by atoms with E-state index in [0.29, 0.717) is 11.1 Å². The van der Waals surface area contributed by atoms with Gasteiger partial charge in [0.15, 0.2) is 0 Å². The molecule has 2 atom stereocenters. The lowest BCUT2D eigenvalue weighted by atomic mass is 9.76. The number of rotatable bonds is 9. The van der Waals surface area contributed by atoms with Crippen LogP contribution in [0.5, 0.6) is 0 Å². The third-order valence-electron chi connectivity index (χ3n) is 5.00. The second-order valence-electron chi connectivity index (χ2n) is 6.74. The third kappa shape index (κ3) is 5.08. The van der Waals surface area contributed by atoms with Crippen molar-refractivity contribution in [2.75, 3.05) is 0 Å². The van der Waals surface area contributed by atoms with Crippen LogP contribution in [0.2, 0.25) is 0 Å². The van der Waals surface area contributed by atoms with Crippen LogP contribution < -0.4 is 0 Å². The first kappa shape index (κ1) is 20.5. The highest BCUT2D eigenvalue weighted by molar-refractivity contribution is 6.24. The minimum atomic E-state index is -0.995. The van der Waals surface area contributed by atoms with Crippen LogP contribution >= 0.6 is 0 Å². The summed E-state index contributed by atoms with van der Waals surface area (Å²) in [5.74, 6) is -1.33. The van der Waals surface area contributed by atoms with E-state index >= 15 is 0 Å². The van der Waals surface area contributed by atoms with Crippen molar-refractivity contribution >= 4 is 17.1 Å². The van der Waals surface area contributed by atoms with Crippen LogP contribution in [0.3, 0.4) is 0 Å². The van der Waals surface area contributed by atoms with Crippen LogP contribution in [0.4, 0.5) is 0 Å². The molecule has 0 aliphatic heterocycles. The predicted octanol–water partition coefficient (Wildman–Crippen LogP) is 6.04. The Balaban J connectivity index is 2.73. The highest BCUT2D eigenvalue weighted by Gasteiger charge is 2.30. The Morgan fingerprint density at radius 3 is 2.00 bits per heavy atom. The molecular weight excluding hydrogens is 334 g/mol. The van der Waals surface area contributed by atoms with Crippen molar-refractivity contribution in [3.63, 3.8) is 0 Å². The average molecular weight is 361 g/mol. The summed E-state index contributed by atoms with van der Waals surface area (Å²) < 4.78 is 0. The smallest absolute Gasteiger partial charge is 0.336 e. The zero-order valence-electron chi connectivity index (χ0n) is 16.1. The number of hydrogen-bond acceptors (Lipinski definition) is 2. The fourth-order valence-corrected chi connectivity index (χ4v) is 3.57. The van der Waals surface area contributed by atoms with E-state index in [1.807, 2.05) is 48.5 Å². The van der Waals surface area contributed by atoms with Crippen molar-refractivity contribution in [3.05, 3.63) is 71.8 Å². The lowest BCUT2D eigenvalue weighted by Crippen LogP contribution is -2.18. The summed E-state index contributed by atoms with van der Waals surface area (Å²) in [6, 6.07) is 21.1. The predicted molar refractivity (Wildman–Crippen MR) is 110 cm³/mol. The maximum Gasteiger partial charge on any atom is 0.336 e. The zero-order chi connectivity index (χ0) is 19.6. The second-order valence-corrected chi connectivity index (χ2v) is 6.74. The highest BCUT2D eigenvalue weighted by Crippen LogP contribution is 2.39. The van der Waals surface area contributed by atoms with Gasteiger partial charge in [0.05, 0.1) is 17.6 Å². The monoisotopic (exact) mass is 361 g/mol. The van der Waals surface area contributed by atoms with E-state index in [2.05, 4.69) is 19.9 Å². The molecule has 0 aliphatic carbocycles. The van der Waals surface area contributed by atoms with Crippen LogP contribution in [0, 0.1) is 23.2 Å². The fraction of sp³-hybridized carbons (Fsp3) is 0.333. The summed E-state index contributed by atoms with van der Waals surface area (Å²) in [4.78, 5) is 12.3. The molecule has 0 heterocycles.